The Bertz CT molecular complexity index is 345. The van der Waals surface area contributed by atoms with Crippen molar-refractivity contribution in [3.8, 4) is 11.5 Å². The van der Waals surface area contributed by atoms with Crippen LogP contribution in [0.5, 0.6) is 11.5 Å². The Morgan fingerprint density at radius 2 is 1.59 bits per heavy atom. The van der Waals surface area contributed by atoms with E-state index in [0.717, 1.165) is 37.7 Å². The molecule has 0 aromatic heterocycles. The first kappa shape index (κ1) is 13.9. The zero-order chi connectivity index (χ0) is 12.7. The van der Waals surface area contributed by atoms with Crippen LogP contribution in [0.4, 0.5) is 0 Å². The maximum atomic E-state index is 9.93. The molecule has 2 nitrogen and oxygen atoms in total. The fourth-order valence-electron chi connectivity index (χ4n) is 2.10. The number of aromatic hydroxyl groups is 2. The lowest BCUT2D eigenvalue weighted by molar-refractivity contribution is 0.397. The minimum Gasteiger partial charge on any atom is -0.504 e. The van der Waals surface area contributed by atoms with Gasteiger partial charge in [0.25, 0.3) is 0 Å². The minimum atomic E-state index is 0.0109. The van der Waals surface area contributed by atoms with Crippen molar-refractivity contribution >= 4 is 0 Å². The molecule has 1 aromatic carbocycles. The van der Waals surface area contributed by atoms with Gasteiger partial charge in [0.15, 0.2) is 11.5 Å². The van der Waals surface area contributed by atoms with Crippen LogP contribution in [0.2, 0.25) is 0 Å². The fraction of sp³-hybridized carbons (Fsp3) is 0.600. The highest BCUT2D eigenvalue weighted by atomic mass is 16.3. The molecule has 0 amide bonds. The Labute approximate surface area is 104 Å². The molecule has 2 heteroatoms. The van der Waals surface area contributed by atoms with Crippen LogP contribution in [0.15, 0.2) is 12.1 Å². The quantitative estimate of drug-likeness (QED) is 0.551. The first-order valence-electron chi connectivity index (χ1n) is 6.73. The lowest BCUT2D eigenvalue weighted by Gasteiger charge is -2.12. The van der Waals surface area contributed by atoms with Crippen molar-refractivity contribution in [2.75, 3.05) is 0 Å². The third-order valence-corrected chi connectivity index (χ3v) is 3.19. The lowest BCUT2D eigenvalue weighted by atomic mass is 9.96. The van der Waals surface area contributed by atoms with E-state index in [1.54, 1.807) is 6.07 Å². The van der Waals surface area contributed by atoms with Gasteiger partial charge < -0.3 is 10.2 Å². The van der Waals surface area contributed by atoms with Gasteiger partial charge in [-0.25, -0.2) is 0 Å². The van der Waals surface area contributed by atoms with Gasteiger partial charge in [0.05, 0.1) is 0 Å². The number of phenolic OH excluding ortho intramolecular Hbond substituents is 2. The Hall–Kier alpha value is -1.18. The van der Waals surface area contributed by atoms with Gasteiger partial charge in [-0.3, -0.25) is 0 Å². The summed E-state index contributed by atoms with van der Waals surface area (Å²) in [5.74, 6) is 0.103. The number of aryl methyl sites for hydroxylation is 1. The zero-order valence-electron chi connectivity index (χ0n) is 11.0. The Balaban J connectivity index is 2.83. The molecule has 0 aliphatic carbocycles. The van der Waals surface area contributed by atoms with Crippen LogP contribution in [0.3, 0.4) is 0 Å². The first-order valence-corrected chi connectivity index (χ1v) is 6.73. The highest BCUT2D eigenvalue weighted by molar-refractivity contribution is 5.49. The molecule has 0 radical (unpaired) electrons. The first-order chi connectivity index (χ1) is 8.20. The molecule has 2 N–H and O–H groups in total. The number of phenols is 2. The second kappa shape index (κ2) is 7.21. The summed E-state index contributed by atoms with van der Waals surface area (Å²) in [5, 5.41) is 19.5. The molecule has 96 valence electrons. The monoisotopic (exact) mass is 236 g/mol. The molecule has 0 unspecified atom stereocenters. The smallest absolute Gasteiger partial charge is 0.160 e. The van der Waals surface area contributed by atoms with Gasteiger partial charge in [-0.2, -0.15) is 0 Å². The molecule has 0 atom stereocenters. The maximum Gasteiger partial charge on any atom is 0.160 e. The molecule has 0 aliphatic rings. The van der Waals surface area contributed by atoms with Crippen molar-refractivity contribution < 1.29 is 10.2 Å². The summed E-state index contributed by atoms with van der Waals surface area (Å²) in [4.78, 5) is 0. The van der Waals surface area contributed by atoms with Crippen LogP contribution in [0, 0.1) is 0 Å². The van der Waals surface area contributed by atoms with E-state index in [2.05, 4.69) is 13.8 Å². The summed E-state index contributed by atoms with van der Waals surface area (Å²) in [6.07, 6.45) is 7.55. The van der Waals surface area contributed by atoms with Crippen LogP contribution < -0.4 is 0 Å². The van der Waals surface area contributed by atoms with Gasteiger partial charge in [-0.1, -0.05) is 39.2 Å². The molecular formula is C15H24O2. The van der Waals surface area contributed by atoms with Gasteiger partial charge in [0.2, 0.25) is 0 Å². The summed E-state index contributed by atoms with van der Waals surface area (Å²) < 4.78 is 0. The largest absolute Gasteiger partial charge is 0.504 e. The number of unbranched alkanes of at least 4 members (excludes halogenated alkanes) is 3. The highest BCUT2D eigenvalue weighted by Gasteiger charge is 2.11. The Kier molecular flexibility index (Phi) is 5.88. The van der Waals surface area contributed by atoms with Crippen molar-refractivity contribution in [3.05, 3.63) is 23.3 Å². The summed E-state index contributed by atoms with van der Waals surface area (Å²) >= 11 is 0. The Morgan fingerprint density at radius 3 is 2.24 bits per heavy atom. The highest BCUT2D eigenvalue weighted by Crippen LogP contribution is 2.33. The van der Waals surface area contributed by atoms with Crippen molar-refractivity contribution in [2.45, 2.75) is 58.8 Å². The Morgan fingerprint density at radius 1 is 0.882 bits per heavy atom. The van der Waals surface area contributed by atoms with E-state index >= 15 is 0 Å². The molecule has 0 spiro atoms. The number of hydrogen-bond donors (Lipinski definition) is 2. The molecule has 17 heavy (non-hydrogen) atoms. The predicted octanol–water partition coefficient (Wildman–Crippen LogP) is 4.17. The van der Waals surface area contributed by atoms with E-state index < -0.39 is 0 Å². The van der Waals surface area contributed by atoms with Crippen LogP contribution in [0.25, 0.3) is 0 Å². The third kappa shape index (κ3) is 3.95. The van der Waals surface area contributed by atoms with Crippen molar-refractivity contribution in [2.24, 2.45) is 0 Å². The second-order valence-electron chi connectivity index (χ2n) is 4.63. The average molecular weight is 236 g/mol. The van der Waals surface area contributed by atoms with Crippen LogP contribution in [-0.4, -0.2) is 10.2 Å². The standard InChI is InChI=1S/C15H24O2/c1-3-5-7-9-13-12(8-6-4-2)10-11-14(16)15(13)17/h10-11,16-17H,3-9H2,1-2H3. The van der Waals surface area contributed by atoms with Crippen LogP contribution in [-0.2, 0) is 12.8 Å². The van der Waals surface area contributed by atoms with Gasteiger partial charge in [-0.15, -0.1) is 0 Å². The molecule has 0 fully saturated rings. The summed E-state index contributed by atoms with van der Waals surface area (Å²) in [7, 11) is 0. The molecule has 0 bridgehead atoms. The van der Waals surface area contributed by atoms with E-state index in [4.69, 9.17) is 0 Å². The topological polar surface area (TPSA) is 40.5 Å². The maximum absolute atomic E-state index is 9.93. The summed E-state index contributed by atoms with van der Waals surface area (Å²) in [6.45, 7) is 4.33. The van der Waals surface area contributed by atoms with Gasteiger partial charge in [-0.05, 0) is 37.3 Å². The average Bonchev–Trinajstić information content (AvgIpc) is 2.33. The van der Waals surface area contributed by atoms with Crippen molar-refractivity contribution in [1.29, 1.82) is 0 Å². The number of benzene rings is 1. The molecule has 1 rings (SSSR count). The van der Waals surface area contributed by atoms with E-state index in [-0.39, 0.29) is 11.5 Å². The number of hydrogen-bond acceptors (Lipinski definition) is 2. The van der Waals surface area contributed by atoms with Crippen LogP contribution in [0.1, 0.15) is 57.1 Å². The second-order valence-corrected chi connectivity index (χ2v) is 4.63. The molecule has 1 aromatic rings. The van der Waals surface area contributed by atoms with Gasteiger partial charge in [0, 0.05) is 5.56 Å². The predicted molar refractivity (Wildman–Crippen MR) is 71.6 cm³/mol. The summed E-state index contributed by atoms with van der Waals surface area (Å²) in [6, 6.07) is 3.55. The van der Waals surface area contributed by atoms with E-state index in [1.807, 2.05) is 6.07 Å². The van der Waals surface area contributed by atoms with E-state index in [9.17, 15) is 10.2 Å². The minimum absolute atomic E-state index is 0.0109. The fourth-order valence-corrected chi connectivity index (χ4v) is 2.10. The lowest BCUT2D eigenvalue weighted by Crippen LogP contribution is -1.96. The number of rotatable bonds is 7. The van der Waals surface area contributed by atoms with Gasteiger partial charge in [0.1, 0.15) is 0 Å². The molecular weight excluding hydrogens is 212 g/mol. The van der Waals surface area contributed by atoms with Gasteiger partial charge >= 0.3 is 0 Å². The zero-order valence-corrected chi connectivity index (χ0v) is 11.0. The molecule has 0 saturated carbocycles. The molecule has 0 aliphatic heterocycles. The normalized spacial score (nSPS) is 10.7. The van der Waals surface area contributed by atoms with E-state index in [1.165, 1.54) is 18.4 Å². The van der Waals surface area contributed by atoms with Crippen molar-refractivity contribution in [1.82, 2.24) is 0 Å². The van der Waals surface area contributed by atoms with E-state index in [0.29, 0.717) is 0 Å². The molecule has 0 saturated heterocycles. The molecule has 0 heterocycles. The van der Waals surface area contributed by atoms with Crippen molar-refractivity contribution in [3.63, 3.8) is 0 Å². The summed E-state index contributed by atoms with van der Waals surface area (Å²) in [5.41, 5.74) is 2.14. The van der Waals surface area contributed by atoms with Crippen LogP contribution >= 0.6 is 0 Å². The SMILES string of the molecule is CCCCCc1c(CCCC)ccc(O)c1O. The third-order valence-electron chi connectivity index (χ3n) is 3.19.